The normalized spacial score (nSPS) is 11.0. The molecule has 0 atom stereocenters. The highest BCUT2D eigenvalue weighted by Crippen LogP contribution is 2.21. The number of nitrogens with zero attached hydrogens (tertiary/aromatic N) is 2. The number of quaternary nitrogens is 1. The van der Waals surface area contributed by atoms with E-state index in [2.05, 4.69) is 21.1 Å². The van der Waals surface area contributed by atoms with Gasteiger partial charge in [0, 0.05) is 5.39 Å². The summed E-state index contributed by atoms with van der Waals surface area (Å²) < 4.78 is 12.7. The van der Waals surface area contributed by atoms with E-state index in [1.54, 1.807) is 10.6 Å². The highest BCUT2D eigenvalue weighted by atomic mass is 16.5. The van der Waals surface area contributed by atoms with Crippen LogP contribution in [0.2, 0.25) is 0 Å². The molecule has 0 aliphatic carbocycles. The highest BCUT2D eigenvalue weighted by molar-refractivity contribution is 5.95. The predicted molar refractivity (Wildman–Crippen MR) is 116 cm³/mol. The Bertz CT molecular complexity index is 998. The summed E-state index contributed by atoms with van der Waals surface area (Å²) in [5, 5.41) is 0.884. The van der Waals surface area contributed by atoms with Gasteiger partial charge in [0.2, 0.25) is 0 Å². The van der Waals surface area contributed by atoms with E-state index in [1.165, 1.54) is 7.11 Å². The summed E-state index contributed by atoms with van der Waals surface area (Å²) in [6, 6.07) is 17.2. The van der Waals surface area contributed by atoms with Gasteiger partial charge in [-0.1, -0.05) is 37.8 Å². The van der Waals surface area contributed by atoms with Crippen LogP contribution in [0.4, 0.5) is 5.69 Å². The minimum atomic E-state index is -0.469. The van der Waals surface area contributed by atoms with Gasteiger partial charge in [0.15, 0.2) is 6.73 Å². The van der Waals surface area contributed by atoms with Gasteiger partial charge in [-0.3, -0.25) is 9.28 Å². The van der Waals surface area contributed by atoms with Crippen LogP contribution in [-0.4, -0.2) is 44.8 Å². The molecule has 0 bridgehead atoms. The standard InChI is InChI=1S/C22H25N2O4.CH4/c1-24(2,3)18-11-9-16(10-12-18)13-21(25)28-15-23-19-8-6-5-7-17(19)14-20(23)22(26)27-4;/h5-12,14H,13,15H2,1-4H3;1H4/q+1;. The van der Waals surface area contributed by atoms with Crippen LogP contribution in [0.3, 0.4) is 0 Å². The fourth-order valence-corrected chi connectivity index (χ4v) is 3.04. The van der Waals surface area contributed by atoms with Crippen molar-refractivity contribution < 1.29 is 19.1 Å². The Morgan fingerprint density at radius 2 is 1.66 bits per heavy atom. The van der Waals surface area contributed by atoms with Crippen molar-refractivity contribution in [3.05, 3.63) is 65.9 Å². The molecule has 0 aliphatic rings. The molecule has 29 heavy (non-hydrogen) atoms. The lowest BCUT2D eigenvalue weighted by Crippen LogP contribution is -2.34. The number of aromatic nitrogens is 1. The van der Waals surface area contributed by atoms with Crippen molar-refractivity contribution in [3.8, 4) is 0 Å². The van der Waals surface area contributed by atoms with Crippen molar-refractivity contribution in [2.75, 3.05) is 28.3 Å². The van der Waals surface area contributed by atoms with E-state index >= 15 is 0 Å². The molecule has 3 rings (SSSR count). The van der Waals surface area contributed by atoms with E-state index < -0.39 is 5.97 Å². The average molecular weight is 397 g/mol. The molecule has 0 aliphatic heterocycles. The van der Waals surface area contributed by atoms with Crippen molar-refractivity contribution in [2.45, 2.75) is 20.6 Å². The Labute approximate surface area is 171 Å². The molecule has 0 unspecified atom stereocenters. The summed E-state index contributed by atoms with van der Waals surface area (Å²) in [6.07, 6.45) is 0.171. The van der Waals surface area contributed by atoms with Gasteiger partial charge in [0.25, 0.3) is 0 Å². The Morgan fingerprint density at radius 3 is 2.28 bits per heavy atom. The zero-order valence-corrected chi connectivity index (χ0v) is 16.6. The number of carbonyl (C=O) groups excluding carboxylic acids is 2. The average Bonchev–Trinajstić information content (AvgIpc) is 3.04. The third-order valence-corrected chi connectivity index (χ3v) is 4.62. The molecule has 0 saturated heterocycles. The van der Waals surface area contributed by atoms with Gasteiger partial charge in [-0.25, -0.2) is 4.79 Å². The lowest BCUT2D eigenvalue weighted by Gasteiger charge is -2.23. The van der Waals surface area contributed by atoms with Gasteiger partial charge in [0.05, 0.1) is 40.2 Å². The molecule has 2 aromatic carbocycles. The summed E-state index contributed by atoms with van der Waals surface area (Å²) in [4.78, 5) is 24.4. The van der Waals surface area contributed by atoms with Crippen LogP contribution in [0.15, 0.2) is 54.6 Å². The van der Waals surface area contributed by atoms with Crippen LogP contribution in [0.1, 0.15) is 23.5 Å². The number of fused-ring (bicyclic) bond motifs is 1. The minimum absolute atomic E-state index is 0. The fourth-order valence-electron chi connectivity index (χ4n) is 3.04. The Kier molecular flexibility index (Phi) is 6.82. The Hall–Kier alpha value is -3.12. The van der Waals surface area contributed by atoms with Gasteiger partial charge in [0.1, 0.15) is 11.4 Å². The van der Waals surface area contributed by atoms with Crippen LogP contribution >= 0.6 is 0 Å². The fraction of sp³-hybridized carbons (Fsp3) is 0.304. The quantitative estimate of drug-likeness (QED) is 0.466. The number of hydrogen-bond donors (Lipinski definition) is 0. The van der Waals surface area contributed by atoms with Crippen molar-refractivity contribution in [1.82, 2.24) is 9.05 Å². The second-order valence-corrected chi connectivity index (χ2v) is 7.51. The molecule has 0 amide bonds. The number of rotatable bonds is 6. The topological polar surface area (TPSA) is 57.5 Å². The monoisotopic (exact) mass is 397 g/mol. The van der Waals surface area contributed by atoms with Crippen molar-refractivity contribution in [3.63, 3.8) is 0 Å². The van der Waals surface area contributed by atoms with E-state index in [-0.39, 0.29) is 26.5 Å². The third kappa shape index (κ3) is 5.03. The first-order valence-corrected chi connectivity index (χ1v) is 9.03. The number of benzene rings is 2. The molecule has 0 N–H and O–H groups in total. The smallest absolute Gasteiger partial charge is 0.354 e. The molecule has 3 aromatic rings. The summed E-state index contributed by atoms with van der Waals surface area (Å²) >= 11 is 0. The predicted octanol–water partition coefficient (Wildman–Crippen LogP) is 4.00. The molecule has 0 fully saturated rings. The summed E-state index contributed by atoms with van der Waals surface area (Å²) in [5.74, 6) is -0.824. The van der Waals surface area contributed by atoms with Crippen molar-refractivity contribution >= 4 is 28.5 Å². The van der Waals surface area contributed by atoms with Crippen molar-refractivity contribution in [2.24, 2.45) is 0 Å². The van der Waals surface area contributed by atoms with Gasteiger partial charge < -0.3 is 14.0 Å². The number of esters is 2. The molecule has 0 saturated carbocycles. The van der Waals surface area contributed by atoms with Crippen LogP contribution in [0, 0.1) is 0 Å². The third-order valence-electron chi connectivity index (χ3n) is 4.62. The zero-order chi connectivity index (χ0) is 20.3. The number of methoxy groups -OCH3 is 1. The number of hydrogen-bond acceptors (Lipinski definition) is 4. The summed E-state index contributed by atoms with van der Waals surface area (Å²) in [6.45, 7) is -0.0479. The minimum Gasteiger partial charge on any atom is -0.464 e. The van der Waals surface area contributed by atoms with E-state index in [4.69, 9.17) is 9.47 Å². The second-order valence-electron chi connectivity index (χ2n) is 7.51. The van der Waals surface area contributed by atoms with Gasteiger partial charge >= 0.3 is 11.9 Å². The maximum atomic E-state index is 12.3. The molecule has 154 valence electrons. The molecule has 6 nitrogen and oxygen atoms in total. The largest absolute Gasteiger partial charge is 0.464 e. The van der Waals surface area contributed by atoms with Crippen LogP contribution in [-0.2, 0) is 27.4 Å². The number of ether oxygens (including phenoxy) is 2. The molecule has 0 spiro atoms. The van der Waals surface area contributed by atoms with E-state index in [0.717, 1.165) is 22.2 Å². The van der Waals surface area contributed by atoms with Gasteiger partial charge in [-0.2, -0.15) is 0 Å². The lowest BCUT2D eigenvalue weighted by molar-refractivity contribution is -0.146. The molecular weight excluding hydrogens is 368 g/mol. The summed E-state index contributed by atoms with van der Waals surface area (Å²) in [5.41, 5.74) is 3.19. The first kappa shape index (κ1) is 22.2. The van der Waals surface area contributed by atoms with E-state index in [9.17, 15) is 9.59 Å². The zero-order valence-electron chi connectivity index (χ0n) is 16.6. The molecule has 1 heterocycles. The highest BCUT2D eigenvalue weighted by Gasteiger charge is 2.17. The van der Waals surface area contributed by atoms with Crippen molar-refractivity contribution in [1.29, 1.82) is 0 Å². The molecule has 1 aromatic heterocycles. The second kappa shape index (κ2) is 8.92. The summed E-state index contributed by atoms with van der Waals surface area (Å²) in [7, 11) is 7.59. The van der Waals surface area contributed by atoms with Crippen LogP contribution in [0.5, 0.6) is 0 Å². The maximum absolute atomic E-state index is 12.3. The van der Waals surface area contributed by atoms with Gasteiger partial charge in [-0.05, 0) is 29.8 Å². The van der Waals surface area contributed by atoms with Gasteiger partial charge in [-0.15, -0.1) is 0 Å². The molecule has 6 heteroatoms. The van der Waals surface area contributed by atoms with E-state index in [1.807, 2.05) is 48.5 Å². The lowest BCUT2D eigenvalue weighted by atomic mass is 10.1. The van der Waals surface area contributed by atoms with E-state index in [0.29, 0.717) is 10.2 Å². The molecular formula is C23H29N2O4+. The Balaban J connectivity index is 0.00000300. The first-order chi connectivity index (χ1) is 13.3. The first-order valence-electron chi connectivity index (χ1n) is 9.03. The number of para-hydroxylation sites is 1. The van der Waals surface area contributed by atoms with Crippen LogP contribution < -0.4 is 4.48 Å². The van der Waals surface area contributed by atoms with Crippen LogP contribution in [0.25, 0.3) is 10.9 Å². The maximum Gasteiger partial charge on any atom is 0.354 e. The molecule has 0 radical (unpaired) electrons. The SMILES string of the molecule is C.COC(=O)c1cc2ccccc2n1COC(=O)Cc1ccc([N+](C)(C)C)cc1. The Morgan fingerprint density at radius 1 is 1.00 bits per heavy atom. The number of carbonyl (C=O) groups is 2.